The molecule has 4 rings (SSSR count). The largest absolute Gasteiger partial charge is 0.437 e. The van der Waals surface area contributed by atoms with Gasteiger partial charge in [-0.15, -0.1) is 11.3 Å². The maximum atomic E-state index is 13.2. The van der Waals surface area contributed by atoms with Gasteiger partial charge in [0.1, 0.15) is 16.2 Å². The maximum absolute atomic E-state index is 13.2. The smallest absolute Gasteiger partial charge is 0.365 e. The Kier molecular flexibility index (Phi) is 8.20. The van der Waals surface area contributed by atoms with Crippen molar-refractivity contribution in [3.8, 4) is 0 Å². The Morgan fingerprint density at radius 3 is 2.63 bits per heavy atom. The van der Waals surface area contributed by atoms with Crippen molar-refractivity contribution in [3.05, 3.63) is 29.0 Å². The van der Waals surface area contributed by atoms with Crippen LogP contribution >= 0.6 is 11.3 Å². The number of aromatic nitrogens is 4. The molecule has 1 amide bonds. The zero-order chi connectivity index (χ0) is 25.8. The van der Waals surface area contributed by atoms with E-state index in [0.717, 1.165) is 43.2 Å². The molecular weight excluding hydrogens is 500 g/mol. The number of hydrogen-bond acceptors (Lipinski definition) is 7. The number of rotatable bonds is 4. The third kappa shape index (κ3) is 7.78. The van der Waals surface area contributed by atoms with E-state index in [1.54, 1.807) is 11.6 Å². The molecule has 192 valence electrons. The Labute approximate surface area is 200 Å². The molecule has 0 radical (unpaired) electrons. The van der Waals surface area contributed by atoms with Gasteiger partial charge in [0, 0.05) is 38.1 Å². The first-order chi connectivity index (χ1) is 16.3. The Bertz CT molecular complexity index is 1140. The number of thiophene rings is 1. The van der Waals surface area contributed by atoms with Crippen LogP contribution in [0, 0.1) is 0 Å². The van der Waals surface area contributed by atoms with E-state index in [0.29, 0.717) is 16.2 Å². The van der Waals surface area contributed by atoms with Crippen molar-refractivity contribution in [1.82, 2.24) is 25.1 Å². The number of anilines is 2. The number of hydrogen-bond donors (Lipinski definition) is 3. The van der Waals surface area contributed by atoms with Gasteiger partial charge in [0.25, 0.3) is 5.91 Å². The lowest BCUT2D eigenvalue weighted by atomic mass is 10.1. The minimum absolute atomic E-state index is 0.169. The number of carbonyl (C=O) groups is 1. The molecule has 0 saturated carbocycles. The van der Waals surface area contributed by atoms with Crippen LogP contribution in [0.3, 0.4) is 0 Å². The lowest BCUT2D eigenvalue weighted by molar-refractivity contribution is -0.140. The zero-order valence-corrected chi connectivity index (χ0v) is 19.5. The molecule has 0 aliphatic carbocycles. The Morgan fingerprint density at radius 2 is 1.94 bits per heavy atom. The normalized spacial score (nSPS) is 16.9. The van der Waals surface area contributed by atoms with Crippen LogP contribution < -0.4 is 16.0 Å². The summed E-state index contributed by atoms with van der Waals surface area (Å²) in [5.74, 6) is -0.164. The third-order valence-electron chi connectivity index (χ3n) is 4.77. The summed E-state index contributed by atoms with van der Waals surface area (Å²) in [6, 6.07) is 0.194. The number of nitrogens with one attached hydrogen (secondary N) is 3. The van der Waals surface area contributed by atoms with E-state index in [-0.39, 0.29) is 18.5 Å². The van der Waals surface area contributed by atoms with Crippen molar-refractivity contribution in [2.24, 2.45) is 7.05 Å². The monoisotopic (exact) mass is 523 g/mol. The highest BCUT2D eigenvalue weighted by molar-refractivity contribution is 7.17. The summed E-state index contributed by atoms with van der Waals surface area (Å²) in [4.78, 5) is 22.1. The first-order valence-corrected chi connectivity index (χ1v) is 11.4. The van der Waals surface area contributed by atoms with Crippen LogP contribution in [0.2, 0.25) is 0 Å². The molecule has 1 aliphatic heterocycles. The molecule has 0 bridgehead atoms. The highest BCUT2D eigenvalue weighted by atomic mass is 32.1. The fourth-order valence-electron chi connectivity index (χ4n) is 3.37. The number of aryl methyl sites for hydroxylation is 1. The molecule has 0 spiro atoms. The van der Waals surface area contributed by atoms with Crippen LogP contribution in [0.25, 0.3) is 10.3 Å². The quantitative estimate of drug-likeness (QED) is 0.425. The number of amides is 1. The summed E-state index contributed by atoms with van der Waals surface area (Å²) in [6.45, 7) is 1.97. The van der Waals surface area contributed by atoms with Crippen LogP contribution in [0.5, 0.6) is 0 Å². The fourth-order valence-corrected chi connectivity index (χ4v) is 4.20. The van der Waals surface area contributed by atoms with E-state index in [9.17, 15) is 31.1 Å². The van der Waals surface area contributed by atoms with Crippen LogP contribution in [-0.4, -0.2) is 51.0 Å². The van der Waals surface area contributed by atoms with E-state index >= 15 is 0 Å². The summed E-state index contributed by atoms with van der Waals surface area (Å²) >= 11 is 1.21. The van der Waals surface area contributed by atoms with E-state index in [2.05, 4.69) is 31.0 Å². The highest BCUT2D eigenvalue weighted by Crippen LogP contribution is 2.34. The van der Waals surface area contributed by atoms with Crippen molar-refractivity contribution >= 4 is 39.1 Å². The molecule has 3 aromatic rings. The first-order valence-electron chi connectivity index (χ1n) is 10.5. The Balaban J connectivity index is 0.000000623. The summed E-state index contributed by atoms with van der Waals surface area (Å²) in [6.07, 6.45) is -2.75. The van der Waals surface area contributed by atoms with Crippen molar-refractivity contribution in [3.63, 3.8) is 0 Å². The molecule has 0 aromatic carbocycles. The molecule has 1 saturated heterocycles. The highest BCUT2D eigenvalue weighted by Gasteiger charge is 2.37. The second kappa shape index (κ2) is 10.8. The third-order valence-corrected chi connectivity index (χ3v) is 5.65. The van der Waals surface area contributed by atoms with E-state index < -0.39 is 29.6 Å². The van der Waals surface area contributed by atoms with Crippen molar-refractivity contribution in [2.45, 2.75) is 44.6 Å². The molecule has 1 unspecified atom stereocenters. The van der Waals surface area contributed by atoms with Gasteiger partial charge in [0.05, 0.1) is 17.4 Å². The number of halogens is 6. The molecule has 1 aliphatic rings. The molecule has 1 fully saturated rings. The summed E-state index contributed by atoms with van der Waals surface area (Å²) in [7, 11) is 1.36. The van der Waals surface area contributed by atoms with Gasteiger partial charge in [-0.2, -0.15) is 31.4 Å². The van der Waals surface area contributed by atoms with Crippen molar-refractivity contribution in [1.29, 1.82) is 0 Å². The zero-order valence-electron chi connectivity index (χ0n) is 18.7. The van der Waals surface area contributed by atoms with Gasteiger partial charge >= 0.3 is 12.4 Å². The van der Waals surface area contributed by atoms with Crippen molar-refractivity contribution < 1.29 is 31.1 Å². The van der Waals surface area contributed by atoms with E-state index in [1.807, 2.05) is 0 Å². The van der Waals surface area contributed by atoms with Gasteiger partial charge in [-0.1, -0.05) is 6.42 Å². The maximum Gasteiger partial charge on any atom is 0.437 e. The van der Waals surface area contributed by atoms with Gasteiger partial charge < -0.3 is 16.0 Å². The van der Waals surface area contributed by atoms with Gasteiger partial charge in [-0.3, -0.25) is 9.48 Å². The lowest BCUT2D eigenvalue weighted by Crippen LogP contribution is -2.31. The molecule has 4 heterocycles. The van der Waals surface area contributed by atoms with Crippen LogP contribution in [0.15, 0.2) is 17.8 Å². The topological polar surface area (TPSA) is 96.8 Å². The minimum Gasteiger partial charge on any atom is -0.365 e. The van der Waals surface area contributed by atoms with Crippen LogP contribution in [0.4, 0.5) is 37.8 Å². The summed E-state index contributed by atoms with van der Waals surface area (Å²) < 4.78 is 71.5. The van der Waals surface area contributed by atoms with E-state index in [1.165, 1.54) is 18.4 Å². The van der Waals surface area contributed by atoms with Gasteiger partial charge in [-0.05, 0) is 19.4 Å². The summed E-state index contributed by atoms with van der Waals surface area (Å²) in [5.41, 5.74) is -1.03. The number of alkyl halides is 6. The molecule has 15 heteroatoms. The average molecular weight is 524 g/mol. The first kappa shape index (κ1) is 26.7. The second-order valence-corrected chi connectivity index (χ2v) is 8.76. The van der Waals surface area contributed by atoms with E-state index in [4.69, 9.17) is 0 Å². The van der Waals surface area contributed by atoms with Crippen molar-refractivity contribution in [2.75, 3.05) is 23.7 Å². The van der Waals surface area contributed by atoms with Crippen LogP contribution in [-0.2, 0) is 13.2 Å². The fraction of sp³-hybridized carbons (Fsp3) is 0.500. The minimum atomic E-state index is -4.68. The Hall–Kier alpha value is -2.94. The molecular formula is C20H23F6N7OS. The predicted molar refractivity (Wildman–Crippen MR) is 119 cm³/mol. The van der Waals surface area contributed by atoms with Gasteiger partial charge in [0.2, 0.25) is 0 Å². The predicted octanol–water partition coefficient (Wildman–Crippen LogP) is 4.82. The number of carbonyl (C=O) groups excluding carboxylic acids is 1. The molecule has 3 aromatic heterocycles. The second-order valence-electron chi connectivity index (χ2n) is 7.90. The molecule has 1 atom stereocenters. The average Bonchev–Trinajstić information content (AvgIpc) is 3.21. The standard InChI is InChI=1S/C18H20F3N7OS.C2H3F3/c1-28-8-12(15(27-28)18(19,20)21)25-16(29)11-9-30-17-14(11)26-13(7-23-17)24-10-4-2-3-5-22-6-10;1-2(3,4)5/h7-10,22H,2-6H2,1H3,(H,24,26)(H,25,29);1H3. The molecule has 35 heavy (non-hydrogen) atoms. The summed E-state index contributed by atoms with van der Waals surface area (Å²) in [5, 5.41) is 13.9. The van der Waals surface area contributed by atoms with Crippen LogP contribution in [0.1, 0.15) is 42.2 Å². The lowest BCUT2D eigenvalue weighted by Gasteiger charge is -2.16. The molecule has 8 nitrogen and oxygen atoms in total. The Morgan fingerprint density at radius 1 is 1.23 bits per heavy atom. The van der Waals surface area contributed by atoms with Gasteiger partial charge in [-0.25, -0.2) is 9.97 Å². The number of fused-ring (bicyclic) bond motifs is 1. The number of nitrogens with zero attached hydrogens (tertiary/aromatic N) is 4. The van der Waals surface area contributed by atoms with Gasteiger partial charge in [0.15, 0.2) is 5.69 Å². The molecule has 3 N–H and O–H groups in total. The SMILES string of the molecule is CC(F)(F)F.Cn1cc(NC(=O)c2csc3ncc(NC4CCCCNC4)nc23)c(C(F)(F)F)n1.